The maximum Gasteiger partial charge on any atom is 0.0966 e. The van der Waals surface area contributed by atoms with Gasteiger partial charge in [0.05, 0.1) is 49.4 Å². The number of halogens is 4. The smallest absolute Gasteiger partial charge is 0.0966 e. The average Bonchev–Trinajstić information content (AvgIpc) is 3.34. The number of nitrogens with zero attached hydrogens (tertiary/aromatic N) is 4. The van der Waals surface area contributed by atoms with Crippen LogP contribution < -0.4 is 21.2 Å². The van der Waals surface area contributed by atoms with E-state index in [9.17, 15) is 17.6 Å². The van der Waals surface area contributed by atoms with Crippen molar-refractivity contribution in [3.05, 3.63) is 243 Å². The quantitative estimate of drug-likeness (QED) is 0.0560. The molecule has 8 rings (SSSR count). The molecule has 0 fully saturated rings. The molecule has 0 N–H and O–H groups in total. The Morgan fingerprint density at radius 2 is 0.703 bits per heavy atom. The first kappa shape index (κ1) is 54.6. The van der Waals surface area contributed by atoms with Gasteiger partial charge in [-0.05, 0) is 84.9 Å². The summed E-state index contributed by atoms with van der Waals surface area (Å²) in [4.78, 5) is 7.89. The van der Waals surface area contributed by atoms with Crippen LogP contribution in [0.25, 0.3) is 22.5 Å². The van der Waals surface area contributed by atoms with Crippen LogP contribution in [0.15, 0.2) is 194 Å². The molecule has 2 heterocycles. The molecule has 2 aromatic heterocycles. The van der Waals surface area contributed by atoms with E-state index < -0.39 is 39.1 Å². The summed E-state index contributed by atoms with van der Waals surface area (Å²) in [5.74, 6) is -2.57. The van der Waals surface area contributed by atoms with Gasteiger partial charge in [0.25, 0.3) is 0 Å². The minimum absolute atomic E-state index is 0. The predicted octanol–water partition coefficient (Wildman–Crippen LogP) is 11.3. The topological polar surface area (TPSA) is 73.4 Å². The molecule has 0 aliphatic carbocycles. The summed E-state index contributed by atoms with van der Waals surface area (Å²) >= 11 is 0. The Hall–Kier alpha value is -5.52. The van der Waals surface area contributed by atoms with Crippen LogP contribution >= 0.6 is 15.8 Å². The number of benzene rings is 6. The monoisotopic (exact) mass is 1250 g/mol. The van der Waals surface area contributed by atoms with E-state index in [0.717, 1.165) is 24.3 Å². The summed E-state index contributed by atoms with van der Waals surface area (Å²) in [6.07, 6.45) is 8.30. The summed E-state index contributed by atoms with van der Waals surface area (Å²) in [6, 6.07) is 63.7. The zero-order chi connectivity index (χ0) is 44.4. The van der Waals surface area contributed by atoms with Crippen LogP contribution in [0.2, 0.25) is 0 Å². The Morgan fingerprint density at radius 1 is 0.422 bits per heavy atom. The van der Waals surface area contributed by atoms with Gasteiger partial charge in [0, 0.05) is 75.9 Å². The van der Waals surface area contributed by atoms with Crippen LogP contribution in [0.4, 0.5) is 17.6 Å². The molecule has 2 radical (unpaired) electrons. The normalized spacial score (nSPS) is 9.72. The van der Waals surface area contributed by atoms with Crippen molar-refractivity contribution in [2.75, 3.05) is 12.3 Å². The van der Waals surface area contributed by atoms with Crippen molar-refractivity contribution in [3.8, 4) is 22.5 Å². The van der Waals surface area contributed by atoms with E-state index in [1.807, 2.05) is 0 Å². The Kier molecular flexibility index (Phi) is 26.7. The number of hydrogen-bond donors (Lipinski definition) is 0. The second-order valence-corrected chi connectivity index (χ2v) is 18.4. The molecule has 0 unspecified atom stereocenters. The van der Waals surface area contributed by atoms with E-state index in [-0.39, 0.29) is 51.3 Å². The van der Waals surface area contributed by atoms with Gasteiger partial charge in [-0.2, -0.15) is 0 Å². The van der Waals surface area contributed by atoms with Crippen molar-refractivity contribution in [1.82, 2.24) is 9.97 Å². The molecule has 4 nitrogen and oxygen atoms in total. The number of hydrogen-bond acceptors (Lipinski definition) is 4. The standard InChI is InChI=1S/C28H28P2.2C11H6F2N.2CN.2Ir/c1-5-15-25(16-6-1)29(26-17-7-2-8-18-26)23-13-14-24-30(27-19-9-3-10-20-27)28-21-11-4-12-22-28;2*12-8-4-5-9(10(13)7-8)11-3-1-2-6-14-11;2*1-2;;/h1-12,15-22H,13-14,23-24H2;2*1-4,6-7H;;;;/q;4*-1;;/p+2. The Balaban J connectivity index is 0.000000347. The Bertz CT molecular complexity index is 2250. The zero-order valence-corrected chi connectivity index (χ0v) is 41.1. The van der Waals surface area contributed by atoms with Gasteiger partial charge in [0.2, 0.25) is 0 Å². The first-order chi connectivity index (χ1) is 30.5. The maximum absolute atomic E-state index is 13.2. The minimum Gasteiger partial charge on any atom is -0.512 e. The SMILES string of the molecule is Fc1c[c-]c(-c2ccccn2)c(F)c1.Fc1c[c-]c(-c2ccccn2)c(F)c1.[C-]#N.[C-]#N.[Ir].[Ir].c1ccc([PH+](CCCC[PH+](c2ccccc2)c2ccccc2)c2ccccc2)cc1. The fraction of sp³-hybridized carbons (Fsp3) is 0.0769. The number of rotatable bonds is 11. The molecule has 6 aromatic carbocycles. The number of unbranched alkanes of at least 4 members (excludes halogenated alkanes) is 1. The van der Waals surface area contributed by atoms with Gasteiger partial charge in [0.15, 0.2) is 0 Å². The molecule has 12 heteroatoms. The Labute approximate surface area is 403 Å². The summed E-state index contributed by atoms with van der Waals surface area (Å²) in [5.41, 5.74) is 1.27. The van der Waals surface area contributed by atoms with Crippen LogP contribution in [0, 0.1) is 59.1 Å². The summed E-state index contributed by atoms with van der Waals surface area (Å²) in [7, 11) is -1.43. The van der Waals surface area contributed by atoms with Gasteiger partial charge < -0.3 is 33.6 Å². The first-order valence-corrected chi connectivity index (χ1v) is 22.8. The number of aromatic nitrogens is 2. The number of pyridine rings is 2. The third kappa shape index (κ3) is 17.6. The van der Waals surface area contributed by atoms with E-state index in [2.05, 4.69) is 143 Å². The molecule has 0 aliphatic rings. The molecule has 0 saturated carbocycles. The third-order valence-corrected chi connectivity index (χ3v) is 15.0. The molecule has 0 bridgehead atoms. The van der Waals surface area contributed by atoms with Crippen LogP contribution in [0.3, 0.4) is 0 Å². The van der Waals surface area contributed by atoms with Crippen molar-refractivity contribution >= 4 is 37.1 Å². The Morgan fingerprint density at radius 3 is 0.953 bits per heavy atom. The minimum atomic E-state index is -0.714. The van der Waals surface area contributed by atoms with E-state index in [0.29, 0.717) is 11.4 Å². The second kappa shape index (κ2) is 31.3. The molecule has 8 aromatic rings. The average molecular weight is 1250 g/mol. The fourth-order valence-corrected chi connectivity index (χ4v) is 11.8. The second-order valence-electron chi connectivity index (χ2n) is 13.1. The van der Waals surface area contributed by atoms with Crippen LogP contribution in [0.5, 0.6) is 0 Å². The molecule has 0 amide bonds. The van der Waals surface area contributed by atoms with Crippen molar-refractivity contribution < 1.29 is 57.8 Å². The van der Waals surface area contributed by atoms with Crippen LogP contribution in [-0.2, 0) is 40.2 Å². The van der Waals surface area contributed by atoms with Gasteiger partial charge >= 0.3 is 0 Å². The fourth-order valence-electron chi connectivity index (χ4n) is 6.38. The molecule has 0 saturated heterocycles. The van der Waals surface area contributed by atoms with Crippen LogP contribution in [-0.4, -0.2) is 22.3 Å². The van der Waals surface area contributed by atoms with Crippen molar-refractivity contribution in [2.24, 2.45) is 0 Å². The maximum atomic E-state index is 13.2. The summed E-state index contributed by atoms with van der Waals surface area (Å²) in [5, 5.41) is 18.6. The third-order valence-electron chi connectivity index (χ3n) is 9.15. The van der Waals surface area contributed by atoms with Gasteiger partial charge in [-0.15, -0.1) is 24.3 Å². The van der Waals surface area contributed by atoms with Gasteiger partial charge in [-0.3, -0.25) is 17.6 Å². The zero-order valence-electron chi connectivity index (χ0n) is 34.3. The van der Waals surface area contributed by atoms with E-state index in [1.165, 1.54) is 46.4 Å². The van der Waals surface area contributed by atoms with Crippen LogP contribution in [0.1, 0.15) is 12.8 Å². The first-order valence-electron chi connectivity index (χ1n) is 19.4. The molecular weight excluding hydrogens is 1200 g/mol. The van der Waals surface area contributed by atoms with Crippen molar-refractivity contribution in [3.63, 3.8) is 0 Å². The summed E-state index contributed by atoms with van der Waals surface area (Å²) < 4.78 is 51.6. The molecule has 0 spiro atoms. The van der Waals surface area contributed by atoms with Gasteiger partial charge in [0.1, 0.15) is 0 Å². The van der Waals surface area contributed by atoms with Crippen molar-refractivity contribution in [1.29, 1.82) is 10.5 Å². The largest absolute Gasteiger partial charge is 0.512 e. The molecular formula is C52H42F4Ir2N4P2-2. The summed E-state index contributed by atoms with van der Waals surface area (Å²) in [6.45, 7) is 9.50. The van der Waals surface area contributed by atoms with Crippen molar-refractivity contribution in [2.45, 2.75) is 12.8 Å². The molecule has 328 valence electrons. The van der Waals surface area contributed by atoms with Gasteiger partial charge in [-0.1, -0.05) is 120 Å². The molecule has 0 atom stereocenters. The van der Waals surface area contributed by atoms with E-state index in [4.69, 9.17) is 23.7 Å². The molecule has 64 heavy (non-hydrogen) atoms. The van der Waals surface area contributed by atoms with E-state index >= 15 is 0 Å². The molecule has 0 aliphatic heterocycles. The predicted molar refractivity (Wildman–Crippen MR) is 247 cm³/mol. The van der Waals surface area contributed by atoms with Gasteiger partial charge in [-0.25, -0.2) is 0 Å². The van der Waals surface area contributed by atoms with E-state index in [1.54, 1.807) is 48.8 Å².